The van der Waals surface area contributed by atoms with Crippen molar-refractivity contribution in [3.8, 4) is 11.3 Å². The fraction of sp³-hybridized carbons (Fsp3) is 0.267. The summed E-state index contributed by atoms with van der Waals surface area (Å²) in [5.41, 5.74) is 3.63. The third-order valence-corrected chi connectivity index (χ3v) is 3.67. The van der Waals surface area contributed by atoms with Gasteiger partial charge in [-0.3, -0.25) is 5.10 Å². The molecule has 6 nitrogen and oxygen atoms in total. The summed E-state index contributed by atoms with van der Waals surface area (Å²) in [6.45, 7) is 5.64. The molecule has 108 valence electrons. The summed E-state index contributed by atoms with van der Waals surface area (Å²) in [5.74, 6) is -0.0670. The predicted molar refractivity (Wildman–Crippen MR) is 77.4 cm³/mol. The molecule has 3 aromatic rings. The highest BCUT2D eigenvalue weighted by Crippen LogP contribution is 2.34. The Kier molecular flexibility index (Phi) is 3.01. The van der Waals surface area contributed by atoms with Gasteiger partial charge >= 0.3 is 5.97 Å². The number of aromatic carboxylic acids is 1. The first-order valence-corrected chi connectivity index (χ1v) is 6.69. The van der Waals surface area contributed by atoms with Crippen LogP contribution in [0.4, 0.5) is 0 Å². The molecular weight excluding hydrogens is 270 g/mol. The molecule has 0 atom stereocenters. The van der Waals surface area contributed by atoms with Crippen LogP contribution >= 0.6 is 0 Å². The van der Waals surface area contributed by atoms with Crippen molar-refractivity contribution < 1.29 is 14.3 Å². The smallest absolute Gasteiger partial charge is 0.339 e. The summed E-state index contributed by atoms with van der Waals surface area (Å²) >= 11 is 0. The van der Waals surface area contributed by atoms with Crippen LogP contribution in [-0.2, 0) is 6.42 Å². The lowest BCUT2D eigenvalue weighted by atomic mass is 10.0. The van der Waals surface area contributed by atoms with E-state index in [4.69, 9.17) is 4.42 Å². The predicted octanol–water partition coefficient (Wildman–Crippen LogP) is 3.10. The number of nitrogens with one attached hydrogen (secondary N) is 1. The lowest BCUT2D eigenvalue weighted by Gasteiger charge is -2.08. The number of nitrogens with zero attached hydrogens (tertiary/aromatic N) is 2. The molecule has 0 amide bonds. The minimum absolute atomic E-state index is 0.177. The molecule has 0 aromatic carbocycles. The second-order valence-electron chi connectivity index (χ2n) is 4.93. The topological polar surface area (TPSA) is 92.0 Å². The fourth-order valence-corrected chi connectivity index (χ4v) is 2.59. The van der Waals surface area contributed by atoms with Crippen LogP contribution in [0.2, 0.25) is 0 Å². The van der Waals surface area contributed by atoms with Crippen LogP contribution in [0.15, 0.2) is 16.7 Å². The van der Waals surface area contributed by atoms with Crippen LogP contribution in [0, 0.1) is 13.8 Å². The van der Waals surface area contributed by atoms with Crippen LogP contribution in [0.1, 0.15) is 34.3 Å². The number of aromatic amines is 1. The summed E-state index contributed by atoms with van der Waals surface area (Å²) in [4.78, 5) is 15.7. The first kappa shape index (κ1) is 13.4. The lowest BCUT2D eigenvalue weighted by molar-refractivity contribution is 0.0695. The molecule has 6 heteroatoms. The van der Waals surface area contributed by atoms with E-state index >= 15 is 0 Å². The van der Waals surface area contributed by atoms with Gasteiger partial charge in [-0.15, -0.1) is 0 Å². The van der Waals surface area contributed by atoms with Gasteiger partial charge in [0.25, 0.3) is 0 Å². The van der Waals surface area contributed by atoms with Gasteiger partial charge in [0.05, 0.1) is 11.6 Å². The average molecular weight is 285 g/mol. The largest absolute Gasteiger partial charge is 0.478 e. The number of aromatic nitrogens is 3. The van der Waals surface area contributed by atoms with Crippen LogP contribution in [-0.4, -0.2) is 26.3 Å². The van der Waals surface area contributed by atoms with Gasteiger partial charge in [-0.25, -0.2) is 9.78 Å². The van der Waals surface area contributed by atoms with E-state index in [1.165, 1.54) is 0 Å². The number of rotatable bonds is 3. The molecule has 21 heavy (non-hydrogen) atoms. The molecule has 0 aliphatic heterocycles. The Balaban J connectivity index is 2.33. The van der Waals surface area contributed by atoms with Crippen molar-refractivity contribution in [2.75, 3.05) is 0 Å². The number of hydrogen-bond donors (Lipinski definition) is 2. The van der Waals surface area contributed by atoms with Gasteiger partial charge in [0.1, 0.15) is 17.1 Å². The summed E-state index contributed by atoms with van der Waals surface area (Å²) in [5, 5.41) is 16.9. The highest BCUT2D eigenvalue weighted by atomic mass is 16.4. The second kappa shape index (κ2) is 4.73. The van der Waals surface area contributed by atoms with Crippen molar-refractivity contribution in [3.63, 3.8) is 0 Å². The summed E-state index contributed by atoms with van der Waals surface area (Å²) in [7, 11) is 0. The standard InChI is InChI=1S/C15H15N3O3/c1-4-11-7(2)13(10-6-16-18-14(10)17-11)12-5-9(15(19)20)8(3)21-12/h5-6H,4H2,1-3H3,(H,19,20)(H,16,17,18). The number of carboxylic acids is 1. The van der Waals surface area contributed by atoms with Crippen LogP contribution < -0.4 is 0 Å². The third kappa shape index (κ3) is 1.99. The fourth-order valence-electron chi connectivity index (χ4n) is 2.59. The van der Waals surface area contributed by atoms with Crippen molar-refractivity contribution in [1.82, 2.24) is 15.2 Å². The maximum absolute atomic E-state index is 11.2. The number of aryl methyl sites for hydroxylation is 2. The molecule has 2 N–H and O–H groups in total. The number of H-pyrrole nitrogens is 1. The molecule has 0 aliphatic carbocycles. The van der Waals surface area contributed by atoms with Gasteiger partial charge in [-0.05, 0) is 31.9 Å². The third-order valence-electron chi connectivity index (χ3n) is 3.67. The van der Waals surface area contributed by atoms with E-state index in [1.54, 1.807) is 19.2 Å². The Morgan fingerprint density at radius 2 is 2.19 bits per heavy atom. The van der Waals surface area contributed by atoms with Crippen molar-refractivity contribution in [2.24, 2.45) is 0 Å². The number of hydrogen-bond acceptors (Lipinski definition) is 4. The first-order valence-electron chi connectivity index (χ1n) is 6.69. The van der Waals surface area contributed by atoms with Gasteiger partial charge in [0, 0.05) is 11.3 Å². The Morgan fingerprint density at radius 1 is 1.43 bits per heavy atom. The summed E-state index contributed by atoms with van der Waals surface area (Å²) < 4.78 is 5.67. The molecule has 0 saturated carbocycles. The van der Waals surface area contributed by atoms with Crippen molar-refractivity contribution in [2.45, 2.75) is 27.2 Å². The number of pyridine rings is 1. The van der Waals surface area contributed by atoms with Crippen molar-refractivity contribution in [1.29, 1.82) is 0 Å². The molecule has 0 fully saturated rings. The van der Waals surface area contributed by atoms with Crippen LogP contribution in [0.3, 0.4) is 0 Å². The van der Waals surface area contributed by atoms with Gasteiger partial charge in [0.15, 0.2) is 5.65 Å². The zero-order valence-electron chi connectivity index (χ0n) is 12.0. The normalized spacial score (nSPS) is 11.2. The molecule has 3 rings (SSSR count). The quantitative estimate of drug-likeness (QED) is 0.771. The molecule has 0 aliphatic rings. The maximum atomic E-state index is 11.2. The van der Waals surface area contributed by atoms with Crippen LogP contribution in [0.25, 0.3) is 22.4 Å². The Morgan fingerprint density at radius 3 is 2.81 bits per heavy atom. The van der Waals surface area contributed by atoms with E-state index in [-0.39, 0.29) is 5.56 Å². The Labute approximate surface area is 120 Å². The zero-order valence-corrected chi connectivity index (χ0v) is 12.0. The molecule has 0 radical (unpaired) electrons. The molecule has 0 bridgehead atoms. The second-order valence-corrected chi connectivity index (χ2v) is 4.93. The number of fused-ring (bicyclic) bond motifs is 1. The van der Waals surface area contributed by atoms with Crippen molar-refractivity contribution in [3.05, 3.63) is 34.8 Å². The minimum Gasteiger partial charge on any atom is -0.478 e. The zero-order chi connectivity index (χ0) is 15.1. The van der Waals surface area contributed by atoms with Gasteiger partial charge in [0.2, 0.25) is 0 Å². The molecule has 0 unspecified atom stereocenters. The minimum atomic E-state index is -0.992. The maximum Gasteiger partial charge on any atom is 0.339 e. The van der Waals surface area contributed by atoms with E-state index in [2.05, 4.69) is 15.2 Å². The van der Waals surface area contributed by atoms with E-state index < -0.39 is 5.97 Å². The monoisotopic (exact) mass is 285 g/mol. The molecule has 0 saturated heterocycles. The lowest BCUT2D eigenvalue weighted by Crippen LogP contribution is -1.97. The number of carbonyl (C=O) groups is 1. The van der Waals surface area contributed by atoms with E-state index in [0.29, 0.717) is 17.2 Å². The molecule has 3 aromatic heterocycles. The molecule has 0 spiro atoms. The number of furan rings is 1. The van der Waals surface area contributed by atoms with E-state index in [9.17, 15) is 9.90 Å². The van der Waals surface area contributed by atoms with E-state index in [0.717, 1.165) is 28.6 Å². The van der Waals surface area contributed by atoms with Gasteiger partial charge in [-0.2, -0.15) is 5.10 Å². The highest BCUT2D eigenvalue weighted by molar-refractivity contribution is 5.96. The van der Waals surface area contributed by atoms with Crippen LogP contribution in [0.5, 0.6) is 0 Å². The number of carboxylic acid groups (broad SMARTS) is 1. The Hall–Kier alpha value is -2.63. The molecular formula is C15H15N3O3. The van der Waals surface area contributed by atoms with E-state index in [1.807, 2.05) is 13.8 Å². The average Bonchev–Trinajstić information content (AvgIpc) is 3.04. The Bertz CT molecular complexity index is 845. The van der Waals surface area contributed by atoms with Gasteiger partial charge in [-0.1, -0.05) is 6.92 Å². The summed E-state index contributed by atoms with van der Waals surface area (Å²) in [6.07, 6.45) is 2.46. The first-order chi connectivity index (χ1) is 10.0. The molecule has 3 heterocycles. The van der Waals surface area contributed by atoms with Crippen molar-refractivity contribution >= 4 is 17.0 Å². The summed E-state index contributed by atoms with van der Waals surface area (Å²) in [6, 6.07) is 1.56. The highest BCUT2D eigenvalue weighted by Gasteiger charge is 2.20. The SMILES string of the molecule is CCc1nc2[nH]ncc2c(-c2cc(C(=O)O)c(C)o2)c1C. The van der Waals surface area contributed by atoms with Gasteiger partial charge < -0.3 is 9.52 Å².